The van der Waals surface area contributed by atoms with Crippen molar-refractivity contribution in [3.8, 4) is 0 Å². The minimum Gasteiger partial charge on any atom is -0.334 e. The molecule has 1 saturated heterocycles. The van der Waals surface area contributed by atoms with Crippen molar-refractivity contribution < 1.29 is 4.79 Å². The van der Waals surface area contributed by atoms with Crippen LogP contribution in [0.4, 0.5) is 0 Å². The lowest BCUT2D eigenvalue weighted by Gasteiger charge is -2.50. The third-order valence-corrected chi connectivity index (χ3v) is 4.92. The van der Waals surface area contributed by atoms with Crippen LogP contribution in [0.25, 0.3) is 0 Å². The first-order valence-electron chi connectivity index (χ1n) is 7.75. The quantitative estimate of drug-likeness (QED) is 0.837. The van der Waals surface area contributed by atoms with Gasteiger partial charge >= 0.3 is 0 Å². The molecule has 1 amide bonds. The molecule has 0 aromatic rings. The van der Waals surface area contributed by atoms with Gasteiger partial charge in [-0.05, 0) is 25.7 Å². The zero-order chi connectivity index (χ0) is 13.0. The maximum Gasteiger partial charge on any atom is 0.226 e. The molecular formula is C15H28N2O. The molecule has 0 bridgehead atoms. The Labute approximate surface area is 111 Å². The van der Waals surface area contributed by atoms with Gasteiger partial charge in [0.25, 0.3) is 0 Å². The smallest absolute Gasteiger partial charge is 0.226 e. The lowest BCUT2D eigenvalue weighted by Crippen LogP contribution is -2.64. The molecule has 1 aliphatic heterocycles. The largest absolute Gasteiger partial charge is 0.334 e. The number of piperazine rings is 1. The Bertz CT molecular complexity index is 272. The number of amides is 1. The fraction of sp³-hybridized carbons (Fsp3) is 0.933. The number of carbonyl (C=O) groups is 1. The highest BCUT2D eigenvalue weighted by molar-refractivity contribution is 5.79. The summed E-state index contributed by atoms with van der Waals surface area (Å²) in [5, 5.41) is 3.51. The van der Waals surface area contributed by atoms with Crippen LogP contribution in [0.5, 0.6) is 0 Å². The van der Waals surface area contributed by atoms with Crippen molar-refractivity contribution in [3.05, 3.63) is 0 Å². The number of rotatable bonds is 3. The third kappa shape index (κ3) is 2.56. The van der Waals surface area contributed by atoms with E-state index in [1.54, 1.807) is 0 Å². The standard InChI is InChI=1S/C15H28N2O/c1-3-13(4-2)14(18)17-11-10-16-12-15(17)8-6-5-7-9-15/h13,16H,3-12H2,1-2H3. The lowest BCUT2D eigenvalue weighted by molar-refractivity contribution is -0.145. The Morgan fingerprint density at radius 3 is 2.50 bits per heavy atom. The van der Waals surface area contributed by atoms with Gasteiger partial charge in [0.1, 0.15) is 0 Å². The summed E-state index contributed by atoms with van der Waals surface area (Å²) in [5.41, 5.74) is 0.149. The molecule has 3 heteroatoms. The second kappa shape index (κ2) is 6.05. The van der Waals surface area contributed by atoms with Crippen molar-refractivity contribution in [2.24, 2.45) is 5.92 Å². The highest BCUT2D eigenvalue weighted by atomic mass is 16.2. The van der Waals surface area contributed by atoms with E-state index >= 15 is 0 Å². The van der Waals surface area contributed by atoms with E-state index < -0.39 is 0 Å². The molecule has 0 radical (unpaired) electrons. The van der Waals surface area contributed by atoms with Gasteiger partial charge in [-0.2, -0.15) is 0 Å². The molecule has 1 saturated carbocycles. The number of hydrogen-bond donors (Lipinski definition) is 1. The molecule has 1 spiro atoms. The van der Waals surface area contributed by atoms with E-state index in [2.05, 4.69) is 24.1 Å². The number of nitrogens with one attached hydrogen (secondary N) is 1. The van der Waals surface area contributed by atoms with Gasteiger partial charge in [-0.25, -0.2) is 0 Å². The van der Waals surface area contributed by atoms with Crippen molar-refractivity contribution in [1.82, 2.24) is 10.2 Å². The molecule has 2 aliphatic rings. The average Bonchev–Trinajstić information content (AvgIpc) is 2.41. The van der Waals surface area contributed by atoms with E-state index in [0.717, 1.165) is 32.5 Å². The van der Waals surface area contributed by atoms with Crippen molar-refractivity contribution in [1.29, 1.82) is 0 Å². The van der Waals surface area contributed by atoms with Crippen LogP contribution in [-0.4, -0.2) is 36.0 Å². The summed E-state index contributed by atoms with van der Waals surface area (Å²) in [7, 11) is 0. The number of hydrogen-bond acceptors (Lipinski definition) is 2. The van der Waals surface area contributed by atoms with Crippen LogP contribution in [-0.2, 0) is 4.79 Å². The third-order valence-electron chi connectivity index (χ3n) is 4.92. The van der Waals surface area contributed by atoms with E-state index in [1.807, 2.05) is 0 Å². The average molecular weight is 252 g/mol. The number of nitrogens with zero attached hydrogens (tertiary/aromatic N) is 1. The van der Waals surface area contributed by atoms with Crippen molar-refractivity contribution in [3.63, 3.8) is 0 Å². The molecule has 2 fully saturated rings. The molecule has 1 aliphatic carbocycles. The Hall–Kier alpha value is -0.570. The zero-order valence-electron chi connectivity index (χ0n) is 12.0. The maximum atomic E-state index is 12.7. The molecule has 1 heterocycles. The molecule has 0 aromatic heterocycles. The fourth-order valence-corrected chi connectivity index (χ4v) is 3.70. The minimum absolute atomic E-state index is 0.149. The molecular weight excluding hydrogens is 224 g/mol. The summed E-state index contributed by atoms with van der Waals surface area (Å²) < 4.78 is 0. The predicted octanol–water partition coefficient (Wildman–Crippen LogP) is 2.56. The summed E-state index contributed by atoms with van der Waals surface area (Å²) in [5.74, 6) is 0.658. The van der Waals surface area contributed by atoms with Gasteiger partial charge in [-0.15, -0.1) is 0 Å². The summed E-state index contributed by atoms with van der Waals surface area (Å²) in [4.78, 5) is 15.0. The predicted molar refractivity (Wildman–Crippen MR) is 74.5 cm³/mol. The SMILES string of the molecule is CCC(CC)C(=O)N1CCNCC12CCCCC2. The first-order valence-corrected chi connectivity index (χ1v) is 7.75. The van der Waals surface area contributed by atoms with Gasteiger partial charge in [-0.1, -0.05) is 33.1 Å². The highest BCUT2D eigenvalue weighted by Gasteiger charge is 2.43. The van der Waals surface area contributed by atoms with Crippen LogP contribution < -0.4 is 5.32 Å². The minimum atomic E-state index is 0.149. The Kier molecular flexibility index (Phi) is 4.66. The van der Waals surface area contributed by atoms with Gasteiger partial charge in [-0.3, -0.25) is 4.79 Å². The van der Waals surface area contributed by atoms with Crippen LogP contribution in [0.2, 0.25) is 0 Å². The van der Waals surface area contributed by atoms with Crippen LogP contribution in [0, 0.1) is 5.92 Å². The lowest BCUT2D eigenvalue weighted by atomic mass is 9.78. The van der Waals surface area contributed by atoms with E-state index in [9.17, 15) is 4.79 Å². The first-order chi connectivity index (χ1) is 8.73. The molecule has 18 heavy (non-hydrogen) atoms. The normalized spacial score (nSPS) is 23.6. The van der Waals surface area contributed by atoms with Crippen molar-refractivity contribution >= 4 is 5.91 Å². The van der Waals surface area contributed by atoms with E-state index in [1.165, 1.54) is 32.1 Å². The van der Waals surface area contributed by atoms with Crippen molar-refractivity contribution in [2.45, 2.75) is 64.3 Å². The Morgan fingerprint density at radius 1 is 1.22 bits per heavy atom. The van der Waals surface area contributed by atoms with Crippen LogP contribution in [0.1, 0.15) is 58.8 Å². The maximum absolute atomic E-state index is 12.7. The van der Waals surface area contributed by atoms with Gasteiger partial charge in [0.15, 0.2) is 0 Å². The molecule has 0 atom stereocenters. The van der Waals surface area contributed by atoms with Crippen LogP contribution >= 0.6 is 0 Å². The summed E-state index contributed by atoms with van der Waals surface area (Å²) >= 11 is 0. The molecule has 104 valence electrons. The van der Waals surface area contributed by atoms with Gasteiger partial charge in [0.2, 0.25) is 5.91 Å². The molecule has 3 nitrogen and oxygen atoms in total. The highest BCUT2D eigenvalue weighted by Crippen LogP contribution is 2.35. The van der Waals surface area contributed by atoms with Gasteiger partial charge in [0, 0.05) is 25.6 Å². The second-order valence-electron chi connectivity index (χ2n) is 5.97. The van der Waals surface area contributed by atoms with E-state index in [0.29, 0.717) is 5.91 Å². The topological polar surface area (TPSA) is 32.3 Å². The monoisotopic (exact) mass is 252 g/mol. The molecule has 0 aromatic carbocycles. The van der Waals surface area contributed by atoms with Crippen molar-refractivity contribution in [2.75, 3.05) is 19.6 Å². The summed E-state index contributed by atoms with van der Waals surface area (Å²) in [6.07, 6.45) is 8.28. The zero-order valence-corrected chi connectivity index (χ0v) is 12.0. The number of carbonyl (C=O) groups excluding carboxylic acids is 1. The summed E-state index contributed by atoms with van der Waals surface area (Å²) in [6, 6.07) is 0. The fourth-order valence-electron chi connectivity index (χ4n) is 3.70. The summed E-state index contributed by atoms with van der Waals surface area (Å²) in [6.45, 7) is 7.17. The van der Waals surface area contributed by atoms with Gasteiger partial charge in [0.05, 0.1) is 5.54 Å². The second-order valence-corrected chi connectivity index (χ2v) is 5.97. The Balaban J connectivity index is 2.14. The van der Waals surface area contributed by atoms with Crippen LogP contribution in [0.3, 0.4) is 0 Å². The molecule has 2 rings (SSSR count). The van der Waals surface area contributed by atoms with Gasteiger partial charge < -0.3 is 10.2 Å². The first kappa shape index (κ1) is 13.9. The van der Waals surface area contributed by atoms with Crippen LogP contribution in [0.15, 0.2) is 0 Å². The molecule has 1 N–H and O–H groups in total. The Morgan fingerprint density at radius 2 is 1.89 bits per heavy atom. The van der Waals surface area contributed by atoms with E-state index in [4.69, 9.17) is 0 Å². The van der Waals surface area contributed by atoms with E-state index in [-0.39, 0.29) is 11.5 Å². The molecule has 0 unspecified atom stereocenters.